The standard InChI is InChI=1S/C12H17BrN2O2/c1-8(5-6-17-2)15-12(16)9-3-4-10(13)11(14)7-9/h3-4,7-8H,5-6,14H2,1-2H3,(H,15,16). The second kappa shape index (κ2) is 6.61. The summed E-state index contributed by atoms with van der Waals surface area (Å²) >= 11 is 3.29. The molecule has 1 aromatic rings. The Kier molecular flexibility index (Phi) is 5.44. The van der Waals surface area contributed by atoms with Crippen molar-refractivity contribution in [3.8, 4) is 0 Å². The van der Waals surface area contributed by atoms with Crippen molar-refractivity contribution in [3.63, 3.8) is 0 Å². The Morgan fingerprint density at radius 2 is 2.29 bits per heavy atom. The molecule has 1 atom stereocenters. The van der Waals surface area contributed by atoms with E-state index in [1.807, 2.05) is 6.92 Å². The fourth-order valence-electron chi connectivity index (χ4n) is 1.36. The first-order valence-corrected chi connectivity index (χ1v) is 6.18. The number of halogens is 1. The predicted molar refractivity (Wildman–Crippen MR) is 72.0 cm³/mol. The maximum atomic E-state index is 11.9. The summed E-state index contributed by atoms with van der Waals surface area (Å²) in [5.74, 6) is -0.118. The van der Waals surface area contributed by atoms with Gasteiger partial charge in [0.15, 0.2) is 0 Å². The highest BCUT2D eigenvalue weighted by atomic mass is 79.9. The molecule has 0 saturated carbocycles. The molecule has 1 aromatic carbocycles. The van der Waals surface area contributed by atoms with Crippen LogP contribution in [0.5, 0.6) is 0 Å². The van der Waals surface area contributed by atoms with Crippen LogP contribution in [-0.2, 0) is 4.74 Å². The van der Waals surface area contributed by atoms with E-state index in [9.17, 15) is 4.79 Å². The van der Waals surface area contributed by atoms with Gasteiger partial charge < -0.3 is 15.8 Å². The van der Waals surface area contributed by atoms with Crippen LogP contribution in [0.1, 0.15) is 23.7 Å². The summed E-state index contributed by atoms with van der Waals surface area (Å²) in [7, 11) is 1.64. The van der Waals surface area contributed by atoms with E-state index >= 15 is 0 Å². The molecule has 0 aromatic heterocycles. The Labute approximate surface area is 110 Å². The number of hydrogen-bond donors (Lipinski definition) is 2. The number of amides is 1. The lowest BCUT2D eigenvalue weighted by atomic mass is 10.1. The largest absolute Gasteiger partial charge is 0.398 e. The average Bonchev–Trinajstić information content (AvgIpc) is 2.30. The van der Waals surface area contributed by atoms with Crippen molar-refractivity contribution in [2.24, 2.45) is 0 Å². The quantitative estimate of drug-likeness (QED) is 0.819. The fraction of sp³-hybridized carbons (Fsp3) is 0.417. The van der Waals surface area contributed by atoms with Crippen molar-refractivity contribution in [3.05, 3.63) is 28.2 Å². The molecule has 17 heavy (non-hydrogen) atoms. The van der Waals surface area contributed by atoms with E-state index in [2.05, 4.69) is 21.2 Å². The number of nitrogens with one attached hydrogen (secondary N) is 1. The summed E-state index contributed by atoms with van der Waals surface area (Å²) in [5.41, 5.74) is 6.84. The summed E-state index contributed by atoms with van der Waals surface area (Å²) in [6, 6.07) is 5.23. The first-order valence-electron chi connectivity index (χ1n) is 5.39. The van der Waals surface area contributed by atoms with Crippen molar-refractivity contribution in [1.82, 2.24) is 5.32 Å². The van der Waals surface area contributed by atoms with E-state index in [0.717, 1.165) is 10.9 Å². The minimum absolute atomic E-state index is 0.0762. The van der Waals surface area contributed by atoms with E-state index in [1.54, 1.807) is 25.3 Å². The summed E-state index contributed by atoms with van der Waals surface area (Å²) in [4.78, 5) is 11.9. The first-order chi connectivity index (χ1) is 8.04. The molecule has 0 aliphatic carbocycles. The molecule has 3 N–H and O–H groups in total. The van der Waals surface area contributed by atoms with Gasteiger partial charge in [-0.1, -0.05) is 0 Å². The zero-order chi connectivity index (χ0) is 12.8. The third kappa shape index (κ3) is 4.36. The number of rotatable bonds is 5. The second-order valence-electron chi connectivity index (χ2n) is 3.89. The van der Waals surface area contributed by atoms with Gasteiger partial charge in [0.2, 0.25) is 0 Å². The molecule has 0 radical (unpaired) electrons. The maximum absolute atomic E-state index is 11.9. The Bertz CT molecular complexity index is 396. The minimum Gasteiger partial charge on any atom is -0.398 e. The number of ether oxygens (including phenoxy) is 1. The lowest BCUT2D eigenvalue weighted by molar-refractivity contribution is 0.0929. The number of hydrogen-bond acceptors (Lipinski definition) is 3. The predicted octanol–water partition coefficient (Wildman–Crippen LogP) is 2.19. The molecule has 0 saturated heterocycles. The number of carbonyl (C=O) groups excluding carboxylic acids is 1. The van der Waals surface area contributed by atoms with Gasteiger partial charge in [0.25, 0.3) is 5.91 Å². The normalized spacial score (nSPS) is 12.2. The third-order valence-corrected chi connectivity index (χ3v) is 3.11. The van der Waals surface area contributed by atoms with Gasteiger partial charge in [-0.2, -0.15) is 0 Å². The SMILES string of the molecule is COCCC(C)NC(=O)c1ccc(Br)c(N)c1. The van der Waals surface area contributed by atoms with Crippen molar-refractivity contribution >= 4 is 27.5 Å². The monoisotopic (exact) mass is 300 g/mol. The summed E-state index contributed by atoms with van der Waals surface area (Å²) < 4.78 is 5.75. The number of methoxy groups -OCH3 is 1. The highest BCUT2D eigenvalue weighted by Crippen LogP contribution is 2.20. The van der Waals surface area contributed by atoms with Gasteiger partial charge in [-0.15, -0.1) is 0 Å². The fourth-order valence-corrected chi connectivity index (χ4v) is 1.61. The molecule has 5 heteroatoms. The molecule has 94 valence electrons. The van der Waals surface area contributed by atoms with E-state index in [1.165, 1.54) is 0 Å². The van der Waals surface area contributed by atoms with Gasteiger partial charge >= 0.3 is 0 Å². The molecular formula is C12H17BrN2O2. The highest BCUT2D eigenvalue weighted by molar-refractivity contribution is 9.10. The van der Waals surface area contributed by atoms with Crippen LogP contribution in [0, 0.1) is 0 Å². The van der Waals surface area contributed by atoms with Crippen molar-refractivity contribution in [2.75, 3.05) is 19.5 Å². The Balaban J connectivity index is 2.60. The molecule has 4 nitrogen and oxygen atoms in total. The molecule has 0 spiro atoms. The van der Waals surface area contributed by atoms with E-state index < -0.39 is 0 Å². The van der Waals surface area contributed by atoms with Crippen LogP contribution < -0.4 is 11.1 Å². The molecule has 0 heterocycles. The van der Waals surface area contributed by atoms with Crippen molar-refractivity contribution < 1.29 is 9.53 Å². The number of anilines is 1. The van der Waals surface area contributed by atoms with Gasteiger partial charge in [-0.25, -0.2) is 0 Å². The summed E-state index contributed by atoms with van der Waals surface area (Å²) in [5, 5.41) is 2.89. The van der Waals surface area contributed by atoms with Crippen LogP contribution in [-0.4, -0.2) is 25.7 Å². The smallest absolute Gasteiger partial charge is 0.251 e. The van der Waals surface area contributed by atoms with Crippen LogP contribution in [0.2, 0.25) is 0 Å². The van der Waals surface area contributed by atoms with Crippen LogP contribution in [0.25, 0.3) is 0 Å². The Morgan fingerprint density at radius 1 is 1.59 bits per heavy atom. The van der Waals surface area contributed by atoms with Gasteiger partial charge in [0.1, 0.15) is 0 Å². The van der Waals surface area contributed by atoms with Gasteiger partial charge in [-0.3, -0.25) is 4.79 Å². The van der Waals surface area contributed by atoms with Crippen molar-refractivity contribution in [1.29, 1.82) is 0 Å². The minimum atomic E-state index is -0.118. The lowest BCUT2D eigenvalue weighted by Crippen LogP contribution is -2.33. The third-order valence-electron chi connectivity index (χ3n) is 2.39. The van der Waals surface area contributed by atoms with Crippen LogP contribution in [0.15, 0.2) is 22.7 Å². The zero-order valence-corrected chi connectivity index (χ0v) is 11.6. The number of benzene rings is 1. The Morgan fingerprint density at radius 3 is 2.88 bits per heavy atom. The van der Waals surface area contributed by atoms with Crippen LogP contribution in [0.3, 0.4) is 0 Å². The molecule has 0 bridgehead atoms. The van der Waals surface area contributed by atoms with E-state index in [4.69, 9.17) is 10.5 Å². The topological polar surface area (TPSA) is 64.3 Å². The van der Waals surface area contributed by atoms with Crippen LogP contribution >= 0.6 is 15.9 Å². The average molecular weight is 301 g/mol. The maximum Gasteiger partial charge on any atom is 0.251 e. The lowest BCUT2D eigenvalue weighted by Gasteiger charge is -2.13. The van der Waals surface area contributed by atoms with Gasteiger partial charge in [-0.05, 0) is 47.5 Å². The number of nitrogen functional groups attached to an aromatic ring is 1. The van der Waals surface area contributed by atoms with Crippen molar-refractivity contribution in [2.45, 2.75) is 19.4 Å². The molecule has 1 unspecified atom stereocenters. The molecule has 1 rings (SSSR count). The second-order valence-corrected chi connectivity index (χ2v) is 4.75. The first kappa shape index (κ1) is 14.0. The van der Waals surface area contributed by atoms with Gasteiger partial charge in [0.05, 0.1) is 0 Å². The highest BCUT2D eigenvalue weighted by Gasteiger charge is 2.10. The molecule has 0 fully saturated rings. The molecular weight excluding hydrogens is 284 g/mol. The summed E-state index contributed by atoms with van der Waals surface area (Å²) in [6.07, 6.45) is 0.786. The molecule has 0 aliphatic rings. The van der Waals surface area contributed by atoms with Crippen LogP contribution in [0.4, 0.5) is 5.69 Å². The van der Waals surface area contributed by atoms with E-state index in [-0.39, 0.29) is 11.9 Å². The molecule has 1 amide bonds. The molecule has 0 aliphatic heterocycles. The zero-order valence-electron chi connectivity index (χ0n) is 10.00. The Hall–Kier alpha value is -1.07. The number of carbonyl (C=O) groups is 1. The van der Waals surface area contributed by atoms with Gasteiger partial charge in [0, 0.05) is 35.5 Å². The summed E-state index contributed by atoms with van der Waals surface area (Å²) in [6.45, 7) is 2.57. The van der Waals surface area contributed by atoms with E-state index in [0.29, 0.717) is 17.9 Å². The number of nitrogens with two attached hydrogens (primary N) is 1.